The van der Waals surface area contributed by atoms with Crippen molar-refractivity contribution < 1.29 is 4.79 Å². The van der Waals surface area contributed by atoms with Crippen molar-refractivity contribution in [1.29, 1.82) is 0 Å². The van der Waals surface area contributed by atoms with Gasteiger partial charge in [0.25, 0.3) is 0 Å². The molecule has 1 aliphatic carbocycles. The summed E-state index contributed by atoms with van der Waals surface area (Å²) >= 11 is 0. The van der Waals surface area contributed by atoms with E-state index in [2.05, 4.69) is 115 Å². The average Bonchev–Trinajstić information content (AvgIpc) is 3.51. The topological polar surface area (TPSA) is 22.0 Å². The van der Waals surface area contributed by atoms with Crippen LogP contribution in [0, 0.1) is 6.92 Å². The van der Waals surface area contributed by atoms with Crippen molar-refractivity contribution in [3.63, 3.8) is 0 Å². The van der Waals surface area contributed by atoms with E-state index in [4.69, 9.17) is 0 Å². The minimum atomic E-state index is -0.251. The van der Waals surface area contributed by atoms with Gasteiger partial charge in [-0.3, -0.25) is 4.79 Å². The molecule has 0 unspecified atom stereocenters. The van der Waals surface area contributed by atoms with Crippen LogP contribution in [-0.2, 0) is 5.41 Å². The lowest BCUT2D eigenvalue weighted by Crippen LogP contribution is -2.22. The second-order valence-electron chi connectivity index (χ2n) is 11.5. The van der Waals surface area contributed by atoms with Gasteiger partial charge in [0, 0.05) is 33.0 Å². The maximum absolute atomic E-state index is 13.1. The first-order chi connectivity index (χ1) is 20.5. The summed E-state index contributed by atoms with van der Waals surface area (Å²) in [6.45, 7) is 4.52. The van der Waals surface area contributed by atoms with Gasteiger partial charge >= 0.3 is 0 Å². The molecule has 0 bridgehead atoms. The van der Waals surface area contributed by atoms with Crippen LogP contribution in [0.4, 0.5) is 0 Å². The normalized spacial score (nSPS) is 13.3. The predicted molar refractivity (Wildman–Crippen MR) is 173 cm³/mol. The van der Waals surface area contributed by atoms with Gasteiger partial charge in [-0.15, -0.1) is 0 Å². The van der Waals surface area contributed by atoms with Gasteiger partial charge < -0.3 is 4.57 Å². The Balaban J connectivity index is 1.31. The number of ketones is 1. The Kier molecular flexibility index (Phi) is 5.36. The van der Waals surface area contributed by atoms with E-state index in [1.54, 1.807) is 0 Å². The second-order valence-corrected chi connectivity index (χ2v) is 11.5. The molecule has 0 amide bonds. The van der Waals surface area contributed by atoms with Crippen LogP contribution >= 0.6 is 0 Å². The quantitative estimate of drug-likeness (QED) is 0.204. The Bertz CT molecular complexity index is 2120. The molecule has 1 aliphatic rings. The maximum Gasteiger partial charge on any atom is 0.193 e. The van der Waals surface area contributed by atoms with Gasteiger partial charge in [0.2, 0.25) is 0 Å². The molecule has 8 rings (SSSR count). The number of rotatable bonds is 4. The predicted octanol–water partition coefficient (Wildman–Crippen LogP) is 9.66. The fourth-order valence-corrected chi connectivity index (χ4v) is 7.01. The van der Waals surface area contributed by atoms with Crippen molar-refractivity contribution in [2.24, 2.45) is 0 Å². The number of nitrogens with zero attached hydrogens (tertiary/aromatic N) is 1. The molecular weight excluding hydrogens is 510 g/mol. The van der Waals surface area contributed by atoms with Crippen molar-refractivity contribution in [2.75, 3.05) is 0 Å². The van der Waals surface area contributed by atoms with Gasteiger partial charge in [-0.25, -0.2) is 0 Å². The van der Waals surface area contributed by atoms with Crippen LogP contribution < -0.4 is 0 Å². The fourth-order valence-electron chi connectivity index (χ4n) is 7.01. The number of carbonyl (C=O) groups is 1. The smallest absolute Gasteiger partial charge is 0.193 e. The monoisotopic (exact) mass is 539 g/mol. The molecule has 7 aromatic rings. The maximum atomic E-state index is 13.1. The van der Waals surface area contributed by atoms with Crippen molar-refractivity contribution in [2.45, 2.75) is 19.3 Å². The van der Waals surface area contributed by atoms with Crippen LogP contribution in [0.15, 0.2) is 140 Å². The number of carbonyl (C=O) groups excluding carboxylic acids is 1. The molecule has 0 spiro atoms. The number of aromatic nitrogens is 1. The van der Waals surface area contributed by atoms with E-state index in [0.29, 0.717) is 11.1 Å². The Labute approximate surface area is 245 Å². The molecule has 0 saturated carbocycles. The third kappa shape index (κ3) is 3.48. The minimum Gasteiger partial charge on any atom is -0.309 e. The lowest BCUT2D eigenvalue weighted by molar-refractivity contribution is 0.103. The summed E-state index contributed by atoms with van der Waals surface area (Å²) in [5.41, 5.74) is 12.4. The van der Waals surface area contributed by atoms with Crippen LogP contribution in [0.2, 0.25) is 0 Å². The van der Waals surface area contributed by atoms with E-state index in [1.807, 2.05) is 42.5 Å². The molecule has 0 radical (unpaired) electrons. The molecule has 0 N–H and O–H groups in total. The van der Waals surface area contributed by atoms with Crippen LogP contribution in [0.5, 0.6) is 0 Å². The zero-order valence-corrected chi connectivity index (χ0v) is 23.6. The molecule has 0 atom stereocenters. The van der Waals surface area contributed by atoms with Crippen LogP contribution in [0.3, 0.4) is 0 Å². The summed E-state index contributed by atoms with van der Waals surface area (Å²) in [4.78, 5) is 13.1. The highest BCUT2D eigenvalue weighted by molar-refractivity contribution is 6.11. The molecule has 1 heterocycles. The number of aryl methyl sites for hydroxylation is 1. The molecule has 1 aromatic heterocycles. The molecule has 2 nitrogen and oxygen atoms in total. The molecule has 0 aliphatic heterocycles. The first-order valence-electron chi connectivity index (χ1n) is 14.5. The molecule has 2 heteroatoms. The summed E-state index contributed by atoms with van der Waals surface area (Å²) in [6, 6.07) is 48.8. The highest BCUT2D eigenvalue weighted by atomic mass is 16.1. The van der Waals surface area contributed by atoms with E-state index in [-0.39, 0.29) is 11.2 Å². The van der Waals surface area contributed by atoms with Crippen LogP contribution in [0.25, 0.3) is 38.6 Å². The summed E-state index contributed by atoms with van der Waals surface area (Å²) in [7, 11) is 0. The molecule has 6 aromatic carbocycles. The van der Waals surface area contributed by atoms with Gasteiger partial charge in [-0.2, -0.15) is 0 Å². The molecular formula is C40H29NO. The first-order valence-corrected chi connectivity index (χ1v) is 14.5. The fraction of sp³-hybridized carbons (Fsp3) is 0.0750. The molecule has 42 heavy (non-hydrogen) atoms. The van der Waals surface area contributed by atoms with E-state index in [0.717, 1.165) is 16.7 Å². The third-order valence-electron chi connectivity index (χ3n) is 9.14. The van der Waals surface area contributed by atoms with Crippen molar-refractivity contribution in [3.8, 4) is 16.8 Å². The van der Waals surface area contributed by atoms with E-state index in [1.165, 1.54) is 44.2 Å². The third-order valence-corrected chi connectivity index (χ3v) is 9.14. The van der Waals surface area contributed by atoms with E-state index >= 15 is 0 Å². The number of hydrogen-bond donors (Lipinski definition) is 0. The summed E-state index contributed by atoms with van der Waals surface area (Å²) in [5, 5.41) is 2.47. The summed E-state index contributed by atoms with van der Waals surface area (Å²) in [6.07, 6.45) is 0. The lowest BCUT2D eigenvalue weighted by atomic mass is 9.74. The van der Waals surface area contributed by atoms with Crippen molar-refractivity contribution in [3.05, 3.63) is 173 Å². The minimum absolute atomic E-state index is 0.0370. The van der Waals surface area contributed by atoms with E-state index < -0.39 is 0 Å². The highest BCUT2D eigenvalue weighted by Crippen LogP contribution is 2.52. The molecule has 0 fully saturated rings. The highest BCUT2D eigenvalue weighted by Gasteiger charge is 2.40. The number of benzene rings is 6. The zero-order chi connectivity index (χ0) is 28.4. The first kappa shape index (κ1) is 24.6. The van der Waals surface area contributed by atoms with Crippen LogP contribution in [0.1, 0.15) is 45.1 Å². The standard InChI is InChI=1S/C40H29NO/c1-26-16-22-37-33(24-26)34-25-29(40(2)35-14-8-6-12-31(35)32-13-7-9-15-36(32)40)19-23-38(34)41(37)30-20-17-28(18-21-30)39(42)27-10-4-3-5-11-27/h3-25H,1-2H3. The van der Waals surface area contributed by atoms with Crippen molar-refractivity contribution in [1.82, 2.24) is 4.57 Å². The second kappa shape index (κ2) is 9.15. The Hall–Kier alpha value is -5.21. The SMILES string of the molecule is Cc1ccc2c(c1)c1cc(C3(C)c4ccccc4-c4ccccc43)ccc1n2-c1ccc(C(=O)c2ccccc2)cc1. The average molecular weight is 540 g/mol. The molecule has 200 valence electrons. The lowest BCUT2D eigenvalue weighted by Gasteiger charge is -2.28. The van der Waals surface area contributed by atoms with Crippen molar-refractivity contribution >= 4 is 27.6 Å². The number of fused-ring (bicyclic) bond motifs is 6. The molecule has 0 saturated heterocycles. The van der Waals surface area contributed by atoms with Gasteiger partial charge in [0.15, 0.2) is 5.78 Å². The van der Waals surface area contributed by atoms with Gasteiger partial charge in [-0.1, -0.05) is 96.6 Å². The van der Waals surface area contributed by atoms with Crippen LogP contribution in [-0.4, -0.2) is 10.4 Å². The summed E-state index contributed by atoms with van der Waals surface area (Å²) < 4.78 is 2.32. The Morgan fingerprint density at radius 3 is 1.79 bits per heavy atom. The summed E-state index contributed by atoms with van der Waals surface area (Å²) in [5.74, 6) is 0.0370. The Morgan fingerprint density at radius 1 is 0.571 bits per heavy atom. The Morgan fingerprint density at radius 2 is 1.12 bits per heavy atom. The largest absolute Gasteiger partial charge is 0.309 e. The zero-order valence-electron chi connectivity index (χ0n) is 23.6. The van der Waals surface area contributed by atoms with Gasteiger partial charge in [0.05, 0.1) is 11.0 Å². The van der Waals surface area contributed by atoms with E-state index in [9.17, 15) is 4.79 Å². The van der Waals surface area contributed by atoms with Gasteiger partial charge in [-0.05, 0) is 90.2 Å². The van der Waals surface area contributed by atoms with Gasteiger partial charge in [0.1, 0.15) is 0 Å². The number of hydrogen-bond acceptors (Lipinski definition) is 1.